The van der Waals surface area contributed by atoms with Gasteiger partial charge >= 0.3 is 0 Å². The number of hydrogen-bond donors (Lipinski definition) is 3. The first-order chi connectivity index (χ1) is 7.58. The van der Waals surface area contributed by atoms with Gasteiger partial charge in [-0.25, -0.2) is 0 Å². The molecule has 1 saturated carbocycles. The molecular formula is C12H25ClN2O2. The van der Waals surface area contributed by atoms with E-state index < -0.39 is 0 Å². The molecule has 17 heavy (non-hydrogen) atoms. The molecule has 0 aromatic carbocycles. The number of rotatable bonds is 5. The van der Waals surface area contributed by atoms with E-state index in [1.54, 1.807) is 0 Å². The van der Waals surface area contributed by atoms with Gasteiger partial charge in [-0.2, -0.15) is 0 Å². The van der Waals surface area contributed by atoms with E-state index in [1.807, 2.05) is 0 Å². The van der Waals surface area contributed by atoms with E-state index in [0.717, 1.165) is 32.1 Å². The topological polar surface area (TPSA) is 75.4 Å². The molecule has 1 aliphatic rings. The second kappa shape index (κ2) is 7.90. The normalized spacial score (nSPS) is 28.3. The Labute approximate surface area is 110 Å². The van der Waals surface area contributed by atoms with Crippen LogP contribution in [0.2, 0.25) is 0 Å². The Morgan fingerprint density at radius 3 is 2.82 bits per heavy atom. The third-order valence-corrected chi connectivity index (χ3v) is 3.58. The zero-order valence-electron chi connectivity index (χ0n) is 10.6. The number of nitrogens with one attached hydrogen (secondary N) is 1. The fraction of sp³-hybridized carbons (Fsp3) is 0.917. The smallest absolute Gasteiger partial charge is 0.220 e. The SMILES string of the molecule is CC1(CNC(=O)CCCN)CCCCC1O.Cl. The van der Waals surface area contributed by atoms with E-state index in [2.05, 4.69) is 12.2 Å². The molecule has 0 aliphatic heterocycles. The zero-order chi connectivity index (χ0) is 12.0. The minimum atomic E-state index is -0.281. The van der Waals surface area contributed by atoms with Gasteiger partial charge in [0, 0.05) is 18.4 Å². The van der Waals surface area contributed by atoms with Gasteiger partial charge in [0.05, 0.1) is 6.10 Å². The third kappa shape index (κ3) is 5.23. The fourth-order valence-corrected chi connectivity index (χ4v) is 2.24. The molecule has 1 amide bonds. The molecular weight excluding hydrogens is 240 g/mol. The Kier molecular flexibility index (Phi) is 7.75. The summed E-state index contributed by atoms with van der Waals surface area (Å²) in [4.78, 5) is 11.4. The van der Waals surface area contributed by atoms with Crippen molar-refractivity contribution in [3.8, 4) is 0 Å². The predicted molar refractivity (Wildman–Crippen MR) is 71.1 cm³/mol. The van der Waals surface area contributed by atoms with Crippen molar-refractivity contribution in [1.29, 1.82) is 0 Å². The quantitative estimate of drug-likeness (QED) is 0.699. The van der Waals surface area contributed by atoms with Crippen LogP contribution in [-0.4, -0.2) is 30.2 Å². The second-order valence-electron chi connectivity index (χ2n) is 5.08. The van der Waals surface area contributed by atoms with Crippen LogP contribution in [0.1, 0.15) is 45.4 Å². The molecule has 4 nitrogen and oxygen atoms in total. The number of hydrogen-bond acceptors (Lipinski definition) is 3. The summed E-state index contributed by atoms with van der Waals surface area (Å²) >= 11 is 0. The van der Waals surface area contributed by atoms with Crippen LogP contribution in [0.5, 0.6) is 0 Å². The lowest BCUT2D eigenvalue weighted by molar-refractivity contribution is -0.122. The molecule has 0 heterocycles. The molecule has 4 N–H and O–H groups in total. The summed E-state index contributed by atoms with van der Waals surface area (Å²) in [5.41, 5.74) is 5.20. The monoisotopic (exact) mass is 264 g/mol. The van der Waals surface area contributed by atoms with Gasteiger partial charge in [-0.3, -0.25) is 4.79 Å². The summed E-state index contributed by atoms with van der Waals surface area (Å²) in [6.07, 6.45) is 5.02. The number of amides is 1. The highest BCUT2D eigenvalue weighted by Gasteiger charge is 2.35. The number of aliphatic hydroxyl groups excluding tert-OH is 1. The standard InChI is InChI=1S/C12H24N2O2.ClH/c1-12(7-3-2-5-10(12)15)9-14-11(16)6-4-8-13;/h10,15H,2-9,13H2,1H3,(H,14,16);1H. The molecule has 1 rings (SSSR count). The molecule has 2 unspecified atom stereocenters. The van der Waals surface area contributed by atoms with Gasteiger partial charge in [-0.05, 0) is 25.8 Å². The second-order valence-corrected chi connectivity index (χ2v) is 5.08. The van der Waals surface area contributed by atoms with E-state index in [1.165, 1.54) is 0 Å². The molecule has 0 aromatic rings. The average Bonchev–Trinajstić information content (AvgIpc) is 2.28. The van der Waals surface area contributed by atoms with E-state index in [-0.39, 0.29) is 29.8 Å². The molecule has 0 aromatic heterocycles. The van der Waals surface area contributed by atoms with E-state index in [0.29, 0.717) is 19.5 Å². The van der Waals surface area contributed by atoms with Crippen LogP contribution in [-0.2, 0) is 4.79 Å². The van der Waals surface area contributed by atoms with Crippen LogP contribution in [0.25, 0.3) is 0 Å². The van der Waals surface area contributed by atoms with Gasteiger partial charge in [0.15, 0.2) is 0 Å². The number of carbonyl (C=O) groups is 1. The van der Waals surface area contributed by atoms with Crippen molar-refractivity contribution in [2.75, 3.05) is 13.1 Å². The Bertz CT molecular complexity index is 239. The van der Waals surface area contributed by atoms with Gasteiger partial charge in [0.2, 0.25) is 5.91 Å². The van der Waals surface area contributed by atoms with Crippen LogP contribution in [0.15, 0.2) is 0 Å². The Morgan fingerprint density at radius 1 is 1.53 bits per heavy atom. The number of carbonyl (C=O) groups excluding carboxylic acids is 1. The maximum Gasteiger partial charge on any atom is 0.220 e. The van der Waals surface area contributed by atoms with E-state index in [9.17, 15) is 9.90 Å². The maximum atomic E-state index is 11.4. The van der Waals surface area contributed by atoms with Gasteiger partial charge in [-0.15, -0.1) is 12.4 Å². The Morgan fingerprint density at radius 2 is 2.24 bits per heavy atom. The van der Waals surface area contributed by atoms with Crippen molar-refractivity contribution >= 4 is 18.3 Å². The first-order valence-electron chi connectivity index (χ1n) is 6.23. The summed E-state index contributed by atoms with van der Waals surface area (Å²) < 4.78 is 0. The summed E-state index contributed by atoms with van der Waals surface area (Å²) in [5, 5.41) is 12.8. The predicted octanol–water partition coefficient (Wildman–Crippen LogP) is 1.20. The molecule has 0 radical (unpaired) electrons. The highest BCUT2D eigenvalue weighted by atomic mass is 35.5. The lowest BCUT2D eigenvalue weighted by atomic mass is 9.73. The molecule has 102 valence electrons. The lowest BCUT2D eigenvalue weighted by Crippen LogP contribution is -2.45. The number of nitrogens with two attached hydrogens (primary N) is 1. The molecule has 1 aliphatic carbocycles. The molecule has 2 atom stereocenters. The van der Waals surface area contributed by atoms with E-state index in [4.69, 9.17) is 5.73 Å². The molecule has 1 fully saturated rings. The van der Waals surface area contributed by atoms with Crippen LogP contribution in [0.3, 0.4) is 0 Å². The van der Waals surface area contributed by atoms with Crippen molar-refractivity contribution < 1.29 is 9.90 Å². The lowest BCUT2D eigenvalue weighted by Gasteiger charge is -2.38. The third-order valence-electron chi connectivity index (χ3n) is 3.58. The highest BCUT2D eigenvalue weighted by molar-refractivity contribution is 5.85. The van der Waals surface area contributed by atoms with Crippen molar-refractivity contribution in [3.63, 3.8) is 0 Å². The first kappa shape index (κ1) is 16.7. The van der Waals surface area contributed by atoms with Gasteiger partial charge in [0.1, 0.15) is 0 Å². The summed E-state index contributed by atoms with van der Waals surface area (Å²) in [6, 6.07) is 0. The summed E-state index contributed by atoms with van der Waals surface area (Å²) in [5.74, 6) is 0.0458. The molecule has 5 heteroatoms. The van der Waals surface area contributed by atoms with Crippen molar-refractivity contribution in [3.05, 3.63) is 0 Å². The number of halogens is 1. The molecule has 0 saturated heterocycles. The summed E-state index contributed by atoms with van der Waals surface area (Å²) in [6.45, 7) is 3.19. The largest absolute Gasteiger partial charge is 0.392 e. The van der Waals surface area contributed by atoms with Crippen molar-refractivity contribution in [1.82, 2.24) is 5.32 Å². The van der Waals surface area contributed by atoms with Crippen LogP contribution in [0.4, 0.5) is 0 Å². The molecule has 0 bridgehead atoms. The van der Waals surface area contributed by atoms with Crippen LogP contribution < -0.4 is 11.1 Å². The van der Waals surface area contributed by atoms with Crippen LogP contribution in [0, 0.1) is 5.41 Å². The zero-order valence-corrected chi connectivity index (χ0v) is 11.4. The summed E-state index contributed by atoms with van der Waals surface area (Å²) in [7, 11) is 0. The van der Waals surface area contributed by atoms with Gasteiger partial charge < -0.3 is 16.2 Å². The fourth-order valence-electron chi connectivity index (χ4n) is 2.24. The van der Waals surface area contributed by atoms with Crippen molar-refractivity contribution in [2.24, 2.45) is 11.1 Å². The van der Waals surface area contributed by atoms with Gasteiger partial charge in [-0.1, -0.05) is 19.8 Å². The van der Waals surface area contributed by atoms with Crippen LogP contribution >= 0.6 is 12.4 Å². The minimum absolute atomic E-state index is 0. The average molecular weight is 265 g/mol. The van der Waals surface area contributed by atoms with Crippen molar-refractivity contribution in [2.45, 2.75) is 51.6 Å². The maximum absolute atomic E-state index is 11.4. The minimum Gasteiger partial charge on any atom is -0.392 e. The highest BCUT2D eigenvalue weighted by Crippen LogP contribution is 2.35. The van der Waals surface area contributed by atoms with E-state index >= 15 is 0 Å². The Balaban J connectivity index is 0.00000256. The number of aliphatic hydroxyl groups is 1. The van der Waals surface area contributed by atoms with Gasteiger partial charge in [0.25, 0.3) is 0 Å². The Hall–Kier alpha value is -0.320. The molecule has 0 spiro atoms. The first-order valence-corrected chi connectivity index (χ1v) is 6.23.